The first-order valence-electron chi connectivity index (χ1n) is 4.22. The average Bonchev–Trinajstić information content (AvgIpc) is 2.07. The van der Waals surface area contributed by atoms with Crippen molar-refractivity contribution in [3.63, 3.8) is 0 Å². The van der Waals surface area contributed by atoms with Crippen LogP contribution in [0.25, 0.3) is 0 Å². The molecule has 0 amide bonds. The Labute approximate surface area is 87.3 Å². The third kappa shape index (κ3) is 3.66. The van der Waals surface area contributed by atoms with Crippen molar-refractivity contribution in [3.8, 4) is 0 Å². The second kappa shape index (κ2) is 4.86. The van der Waals surface area contributed by atoms with Gasteiger partial charge in [0.25, 0.3) is 0 Å². The highest BCUT2D eigenvalue weighted by molar-refractivity contribution is 6.30. The molecule has 1 aromatic carbocycles. The maximum absolute atomic E-state index is 10.2. The molecule has 1 atom stereocenters. The van der Waals surface area contributed by atoms with Crippen molar-refractivity contribution in [2.24, 2.45) is 0 Å². The zero-order valence-corrected chi connectivity index (χ0v) is 8.49. The number of benzene rings is 1. The van der Waals surface area contributed by atoms with E-state index in [9.17, 15) is 4.79 Å². The smallest absolute Gasteiger partial charge is 0.450 e. The van der Waals surface area contributed by atoms with Gasteiger partial charge in [0, 0.05) is 11.4 Å². The van der Waals surface area contributed by atoms with E-state index in [1.807, 2.05) is 12.1 Å². The molecule has 0 saturated heterocycles. The van der Waals surface area contributed by atoms with Crippen molar-refractivity contribution in [3.05, 3.63) is 34.9 Å². The molecule has 0 aromatic heterocycles. The summed E-state index contributed by atoms with van der Waals surface area (Å²) >= 11 is 5.71. The predicted octanol–water partition coefficient (Wildman–Crippen LogP) is 2.97. The van der Waals surface area contributed by atoms with E-state index >= 15 is 0 Å². The molecule has 0 aliphatic rings. The molecule has 76 valence electrons. The van der Waals surface area contributed by atoms with E-state index in [-0.39, 0.29) is 6.10 Å². The number of carbonyl (C=O) groups is 1. The van der Waals surface area contributed by atoms with Crippen LogP contribution in [0.4, 0.5) is 4.79 Å². The van der Waals surface area contributed by atoms with Crippen molar-refractivity contribution < 1.29 is 14.6 Å². The number of ether oxygens (including phenoxy) is 1. The molecule has 1 aromatic rings. The lowest BCUT2D eigenvalue weighted by atomic mass is 10.1. The molecule has 14 heavy (non-hydrogen) atoms. The summed E-state index contributed by atoms with van der Waals surface area (Å²) in [5, 5.41) is 9.03. The Morgan fingerprint density at radius 3 is 2.57 bits per heavy atom. The van der Waals surface area contributed by atoms with Crippen LogP contribution >= 0.6 is 11.6 Å². The quantitative estimate of drug-likeness (QED) is 0.787. The highest BCUT2D eigenvalue weighted by Gasteiger charge is 2.07. The maximum Gasteiger partial charge on any atom is 0.506 e. The molecule has 0 aliphatic heterocycles. The number of halogens is 1. The highest BCUT2D eigenvalue weighted by atomic mass is 35.5. The Bertz CT molecular complexity index is 308. The summed E-state index contributed by atoms with van der Waals surface area (Å²) in [5.74, 6) is 0. The Kier molecular flexibility index (Phi) is 3.77. The van der Waals surface area contributed by atoms with Crippen molar-refractivity contribution in [1.29, 1.82) is 0 Å². The van der Waals surface area contributed by atoms with E-state index < -0.39 is 6.16 Å². The predicted molar refractivity (Wildman–Crippen MR) is 53.7 cm³/mol. The second-order valence-electron chi connectivity index (χ2n) is 3.02. The topological polar surface area (TPSA) is 46.5 Å². The van der Waals surface area contributed by atoms with Crippen LogP contribution in [0, 0.1) is 0 Å². The van der Waals surface area contributed by atoms with Gasteiger partial charge in [0.2, 0.25) is 0 Å². The standard InChI is InChI=1S/C10H11ClO3/c1-7(14-10(12)13)6-8-2-4-9(11)5-3-8/h2-5,7H,6H2,1H3,(H,12,13)/t7-/m1/s1. The third-order valence-corrected chi connectivity index (χ3v) is 1.99. The van der Waals surface area contributed by atoms with Gasteiger partial charge < -0.3 is 9.84 Å². The minimum absolute atomic E-state index is 0.339. The zero-order valence-electron chi connectivity index (χ0n) is 7.74. The van der Waals surface area contributed by atoms with Crippen LogP contribution in [0.2, 0.25) is 5.02 Å². The lowest BCUT2D eigenvalue weighted by molar-refractivity contribution is 0.0593. The average molecular weight is 215 g/mol. The van der Waals surface area contributed by atoms with Crippen molar-refractivity contribution >= 4 is 17.8 Å². The first kappa shape index (κ1) is 10.9. The first-order valence-corrected chi connectivity index (χ1v) is 4.60. The molecule has 0 aliphatic carbocycles. The van der Waals surface area contributed by atoms with Gasteiger partial charge in [-0.2, -0.15) is 0 Å². The summed E-state index contributed by atoms with van der Waals surface area (Å²) in [4.78, 5) is 10.2. The van der Waals surface area contributed by atoms with E-state index in [0.717, 1.165) is 5.56 Å². The molecule has 1 N–H and O–H groups in total. The Hall–Kier alpha value is -1.22. The van der Waals surface area contributed by atoms with E-state index in [1.165, 1.54) is 0 Å². The van der Waals surface area contributed by atoms with Gasteiger partial charge in [0.1, 0.15) is 6.10 Å². The van der Waals surface area contributed by atoms with E-state index in [0.29, 0.717) is 11.4 Å². The van der Waals surface area contributed by atoms with Crippen molar-refractivity contribution in [2.75, 3.05) is 0 Å². The Morgan fingerprint density at radius 1 is 1.50 bits per heavy atom. The SMILES string of the molecule is C[C@H](Cc1ccc(Cl)cc1)OC(=O)O. The number of carboxylic acid groups (broad SMARTS) is 1. The third-order valence-electron chi connectivity index (χ3n) is 1.74. The van der Waals surface area contributed by atoms with E-state index in [2.05, 4.69) is 4.74 Å². The summed E-state index contributed by atoms with van der Waals surface area (Å²) in [5.41, 5.74) is 1.00. The normalized spacial score (nSPS) is 12.1. The molecular weight excluding hydrogens is 204 g/mol. The minimum Gasteiger partial charge on any atom is -0.450 e. The van der Waals surface area contributed by atoms with Crippen LogP contribution in [-0.4, -0.2) is 17.4 Å². The Balaban J connectivity index is 2.51. The maximum atomic E-state index is 10.2. The fraction of sp³-hybridized carbons (Fsp3) is 0.300. The second-order valence-corrected chi connectivity index (χ2v) is 3.46. The van der Waals surface area contributed by atoms with Gasteiger partial charge in [-0.05, 0) is 24.6 Å². The van der Waals surface area contributed by atoms with E-state index in [1.54, 1.807) is 19.1 Å². The molecule has 0 spiro atoms. The summed E-state index contributed by atoms with van der Waals surface area (Å²) in [6.45, 7) is 1.71. The molecule has 1 rings (SSSR count). The summed E-state index contributed by atoms with van der Waals surface area (Å²) in [6, 6.07) is 7.24. The molecule has 0 unspecified atom stereocenters. The molecule has 0 radical (unpaired) electrons. The van der Waals surface area contributed by atoms with Gasteiger partial charge in [-0.25, -0.2) is 4.79 Å². The van der Waals surface area contributed by atoms with Gasteiger partial charge >= 0.3 is 6.16 Å². The van der Waals surface area contributed by atoms with Gasteiger partial charge in [0.15, 0.2) is 0 Å². The lowest BCUT2D eigenvalue weighted by Gasteiger charge is -2.10. The largest absolute Gasteiger partial charge is 0.506 e. The highest BCUT2D eigenvalue weighted by Crippen LogP contribution is 2.11. The lowest BCUT2D eigenvalue weighted by Crippen LogP contribution is -2.15. The van der Waals surface area contributed by atoms with Gasteiger partial charge in [-0.1, -0.05) is 23.7 Å². The number of hydrogen-bond donors (Lipinski definition) is 1. The molecule has 3 nitrogen and oxygen atoms in total. The fourth-order valence-corrected chi connectivity index (χ4v) is 1.29. The Morgan fingerprint density at radius 2 is 2.07 bits per heavy atom. The van der Waals surface area contributed by atoms with Crippen LogP contribution < -0.4 is 0 Å². The van der Waals surface area contributed by atoms with Crippen molar-refractivity contribution in [1.82, 2.24) is 0 Å². The van der Waals surface area contributed by atoms with Crippen LogP contribution in [0.1, 0.15) is 12.5 Å². The fourth-order valence-electron chi connectivity index (χ4n) is 1.17. The molecular formula is C10H11ClO3. The van der Waals surface area contributed by atoms with Crippen molar-refractivity contribution in [2.45, 2.75) is 19.4 Å². The monoisotopic (exact) mass is 214 g/mol. The summed E-state index contributed by atoms with van der Waals surface area (Å²) in [7, 11) is 0. The van der Waals surface area contributed by atoms with Crippen LogP contribution in [0.3, 0.4) is 0 Å². The summed E-state index contributed by atoms with van der Waals surface area (Å²) < 4.78 is 4.57. The minimum atomic E-state index is -1.24. The van der Waals surface area contributed by atoms with Crippen LogP contribution in [0.15, 0.2) is 24.3 Å². The number of hydrogen-bond acceptors (Lipinski definition) is 2. The molecule has 0 bridgehead atoms. The zero-order chi connectivity index (χ0) is 10.6. The number of rotatable bonds is 3. The summed E-state index contributed by atoms with van der Waals surface area (Å²) in [6.07, 6.45) is -1.02. The van der Waals surface area contributed by atoms with Crippen LogP contribution in [0.5, 0.6) is 0 Å². The molecule has 0 heterocycles. The molecule has 0 fully saturated rings. The van der Waals surface area contributed by atoms with Gasteiger partial charge in [-0.3, -0.25) is 0 Å². The van der Waals surface area contributed by atoms with E-state index in [4.69, 9.17) is 16.7 Å². The molecule has 0 saturated carbocycles. The van der Waals surface area contributed by atoms with Gasteiger partial charge in [-0.15, -0.1) is 0 Å². The molecule has 4 heteroatoms. The van der Waals surface area contributed by atoms with Crippen LogP contribution in [-0.2, 0) is 11.2 Å². The first-order chi connectivity index (χ1) is 6.58. The van der Waals surface area contributed by atoms with Gasteiger partial charge in [0.05, 0.1) is 0 Å².